The maximum Gasteiger partial charge on any atom is 0.278 e. The fourth-order valence-electron chi connectivity index (χ4n) is 1.70. The zero-order valence-corrected chi connectivity index (χ0v) is 11.0. The third-order valence-electron chi connectivity index (χ3n) is 2.55. The molecule has 0 aliphatic rings. The van der Waals surface area contributed by atoms with Gasteiger partial charge >= 0.3 is 0 Å². The van der Waals surface area contributed by atoms with Gasteiger partial charge in [-0.3, -0.25) is 15.2 Å². The van der Waals surface area contributed by atoms with Crippen molar-refractivity contribution in [3.05, 3.63) is 41.6 Å². The minimum atomic E-state index is -3.76. The van der Waals surface area contributed by atoms with Gasteiger partial charge in [0.2, 0.25) is 0 Å². The molecule has 8 heteroatoms. The lowest BCUT2D eigenvalue weighted by Gasteiger charge is -2.12. The van der Waals surface area contributed by atoms with E-state index in [4.69, 9.17) is 11.1 Å². The van der Waals surface area contributed by atoms with Crippen LogP contribution in [0.1, 0.15) is 11.1 Å². The number of nitrogens with zero attached hydrogens (tertiary/aromatic N) is 1. The number of anilines is 1. The van der Waals surface area contributed by atoms with Crippen molar-refractivity contribution in [2.24, 2.45) is 5.73 Å². The Balaban J connectivity index is 2.45. The minimum Gasteiger partial charge on any atom is -0.384 e. The molecule has 0 aliphatic heterocycles. The molecule has 2 aromatic rings. The topological polar surface area (TPSA) is 125 Å². The minimum absolute atomic E-state index is 0.0523. The van der Waals surface area contributed by atoms with Crippen LogP contribution in [0.25, 0.3) is 0 Å². The molecule has 0 spiro atoms. The van der Waals surface area contributed by atoms with Crippen molar-refractivity contribution < 1.29 is 8.42 Å². The van der Waals surface area contributed by atoms with Gasteiger partial charge in [-0.05, 0) is 24.6 Å². The molecule has 19 heavy (non-hydrogen) atoms. The molecule has 1 aromatic carbocycles. The van der Waals surface area contributed by atoms with Crippen LogP contribution in [-0.4, -0.2) is 24.5 Å². The lowest BCUT2D eigenvalue weighted by Crippen LogP contribution is -2.20. The predicted octanol–water partition coefficient (Wildman–Crippen LogP) is 0.803. The highest BCUT2D eigenvalue weighted by molar-refractivity contribution is 7.92. The summed E-state index contributed by atoms with van der Waals surface area (Å²) >= 11 is 0. The van der Waals surface area contributed by atoms with Crippen LogP contribution in [0.5, 0.6) is 0 Å². The summed E-state index contributed by atoms with van der Waals surface area (Å²) in [4.78, 5) is 0. The van der Waals surface area contributed by atoms with Gasteiger partial charge in [0.25, 0.3) is 10.0 Å². The Bertz CT molecular complexity index is 707. The Morgan fingerprint density at radius 3 is 2.74 bits per heavy atom. The van der Waals surface area contributed by atoms with E-state index in [-0.39, 0.29) is 16.5 Å². The van der Waals surface area contributed by atoms with Gasteiger partial charge in [0.05, 0.1) is 11.9 Å². The Kier molecular flexibility index (Phi) is 3.26. The van der Waals surface area contributed by atoms with Gasteiger partial charge in [-0.2, -0.15) is 13.5 Å². The monoisotopic (exact) mass is 279 g/mol. The van der Waals surface area contributed by atoms with E-state index < -0.39 is 10.0 Å². The van der Waals surface area contributed by atoms with E-state index in [9.17, 15) is 8.42 Å². The Morgan fingerprint density at radius 2 is 2.16 bits per heavy atom. The van der Waals surface area contributed by atoms with Crippen molar-refractivity contribution in [3.8, 4) is 0 Å². The van der Waals surface area contributed by atoms with Gasteiger partial charge in [0.15, 0.2) is 5.03 Å². The number of H-pyrrole nitrogens is 1. The van der Waals surface area contributed by atoms with E-state index in [0.29, 0.717) is 5.56 Å². The number of rotatable bonds is 4. The van der Waals surface area contributed by atoms with Gasteiger partial charge in [-0.15, -0.1) is 0 Å². The van der Waals surface area contributed by atoms with E-state index in [1.807, 2.05) is 0 Å². The van der Waals surface area contributed by atoms with Crippen molar-refractivity contribution in [3.63, 3.8) is 0 Å². The van der Waals surface area contributed by atoms with Crippen LogP contribution >= 0.6 is 0 Å². The average molecular weight is 279 g/mol. The first-order chi connectivity index (χ1) is 8.92. The molecule has 0 saturated carbocycles. The Hall–Kier alpha value is -2.35. The maximum atomic E-state index is 12.1. The third kappa shape index (κ3) is 2.58. The van der Waals surface area contributed by atoms with E-state index in [1.165, 1.54) is 12.3 Å². The summed E-state index contributed by atoms with van der Waals surface area (Å²) in [5.41, 5.74) is 6.83. The summed E-state index contributed by atoms with van der Waals surface area (Å²) in [6.45, 7) is 1.75. The molecule has 100 valence electrons. The number of amidine groups is 1. The molecule has 0 saturated heterocycles. The maximum absolute atomic E-state index is 12.1. The summed E-state index contributed by atoms with van der Waals surface area (Å²) in [6.07, 6.45) is 1.34. The predicted molar refractivity (Wildman–Crippen MR) is 71.6 cm³/mol. The van der Waals surface area contributed by atoms with Crippen molar-refractivity contribution in [2.75, 3.05) is 4.72 Å². The number of nitrogen functional groups attached to an aromatic ring is 1. The van der Waals surface area contributed by atoms with Crippen LogP contribution in [0, 0.1) is 12.3 Å². The highest BCUT2D eigenvalue weighted by Crippen LogP contribution is 2.21. The third-order valence-corrected chi connectivity index (χ3v) is 3.85. The van der Waals surface area contributed by atoms with Crippen LogP contribution in [0.4, 0.5) is 5.69 Å². The van der Waals surface area contributed by atoms with E-state index >= 15 is 0 Å². The smallest absolute Gasteiger partial charge is 0.278 e. The van der Waals surface area contributed by atoms with Crippen molar-refractivity contribution in [1.82, 2.24) is 10.2 Å². The summed E-state index contributed by atoms with van der Waals surface area (Å²) in [5, 5.41) is 13.4. The first-order valence-electron chi connectivity index (χ1n) is 5.38. The number of benzene rings is 1. The first kappa shape index (κ1) is 13.1. The zero-order chi connectivity index (χ0) is 14.0. The van der Waals surface area contributed by atoms with Gasteiger partial charge < -0.3 is 5.73 Å². The SMILES string of the molecule is Cc1cccc(NS(=O)(=O)c2ccn[nH]2)c1C(=N)N. The molecular formula is C11H13N5O2S. The molecule has 7 nitrogen and oxygen atoms in total. The van der Waals surface area contributed by atoms with Gasteiger partial charge in [-0.1, -0.05) is 12.1 Å². The molecular weight excluding hydrogens is 266 g/mol. The van der Waals surface area contributed by atoms with Crippen LogP contribution in [0.15, 0.2) is 35.5 Å². The molecule has 0 amide bonds. The van der Waals surface area contributed by atoms with Crippen molar-refractivity contribution in [1.29, 1.82) is 5.41 Å². The number of hydrogen-bond donors (Lipinski definition) is 4. The molecule has 1 aromatic heterocycles. The normalized spacial score (nSPS) is 11.2. The van der Waals surface area contributed by atoms with Gasteiger partial charge in [0.1, 0.15) is 5.84 Å². The number of aromatic amines is 1. The molecule has 2 rings (SSSR count). The van der Waals surface area contributed by atoms with Crippen LogP contribution in [-0.2, 0) is 10.0 Å². The second-order valence-corrected chi connectivity index (χ2v) is 5.59. The number of sulfonamides is 1. The summed E-state index contributed by atoms with van der Waals surface area (Å²) < 4.78 is 26.5. The average Bonchev–Trinajstić information content (AvgIpc) is 2.81. The van der Waals surface area contributed by atoms with E-state index in [2.05, 4.69) is 14.9 Å². The molecule has 0 atom stereocenters. The first-order valence-corrected chi connectivity index (χ1v) is 6.86. The van der Waals surface area contributed by atoms with E-state index in [0.717, 1.165) is 5.56 Å². The second-order valence-electron chi connectivity index (χ2n) is 3.94. The number of nitrogens with one attached hydrogen (secondary N) is 3. The largest absolute Gasteiger partial charge is 0.384 e. The molecule has 0 fully saturated rings. The van der Waals surface area contributed by atoms with Crippen molar-refractivity contribution in [2.45, 2.75) is 11.9 Å². The molecule has 5 N–H and O–H groups in total. The van der Waals surface area contributed by atoms with Crippen LogP contribution < -0.4 is 10.5 Å². The number of hydrogen-bond acceptors (Lipinski definition) is 4. The Morgan fingerprint density at radius 1 is 1.42 bits per heavy atom. The summed E-state index contributed by atoms with van der Waals surface area (Å²) in [5.74, 6) is -0.194. The van der Waals surface area contributed by atoms with Gasteiger partial charge in [-0.25, -0.2) is 0 Å². The number of aromatic nitrogens is 2. The molecule has 0 aliphatic carbocycles. The summed E-state index contributed by atoms with van der Waals surface area (Å²) in [7, 11) is -3.76. The highest BCUT2D eigenvalue weighted by Gasteiger charge is 2.18. The van der Waals surface area contributed by atoms with Crippen LogP contribution in [0.2, 0.25) is 0 Å². The van der Waals surface area contributed by atoms with Crippen LogP contribution in [0.3, 0.4) is 0 Å². The molecule has 0 unspecified atom stereocenters. The second kappa shape index (κ2) is 4.73. The molecule has 0 radical (unpaired) electrons. The van der Waals surface area contributed by atoms with Crippen molar-refractivity contribution >= 4 is 21.5 Å². The Labute approximate surface area is 110 Å². The lowest BCUT2D eigenvalue weighted by molar-refractivity contribution is 0.597. The lowest BCUT2D eigenvalue weighted by atomic mass is 10.1. The van der Waals surface area contributed by atoms with E-state index in [1.54, 1.807) is 25.1 Å². The van der Waals surface area contributed by atoms with Gasteiger partial charge in [0, 0.05) is 5.56 Å². The summed E-state index contributed by atoms with van der Waals surface area (Å²) in [6, 6.07) is 6.33. The fraction of sp³-hybridized carbons (Fsp3) is 0.0909. The fourth-order valence-corrected chi connectivity index (χ4v) is 2.69. The zero-order valence-electron chi connectivity index (χ0n) is 10.1. The number of aryl methyl sites for hydroxylation is 1. The highest BCUT2D eigenvalue weighted by atomic mass is 32.2. The number of nitrogens with two attached hydrogens (primary N) is 1. The standard InChI is InChI=1S/C11H13N5O2S/c1-7-3-2-4-8(10(7)11(12)13)16-19(17,18)9-5-6-14-15-9/h2-6,16H,1H3,(H3,12,13)(H,14,15). The quantitative estimate of drug-likeness (QED) is 0.488. The molecule has 1 heterocycles. The molecule has 0 bridgehead atoms.